The van der Waals surface area contributed by atoms with Crippen LogP contribution in [0.15, 0.2) is 24.3 Å². The summed E-state index contributed by atoms with van der Waals surface area (Å²) in [4.78, 5) is 35.4. The van der Waals surface area contributed by atoms with Crippen molar-refractivity contribution >= 4 is 23.7 Å². The maximum atomic E-state index is 12.1. The highest BCUT2D eigenvalue weighted by Crippen LogP contribution is 2.20. The van der Waals surface area contributed by atoms with Gasteiger partial charge in [0.25, 0.3) is 0 Å². The van der Waals surface area contributed by atoms with Gasteiger partial charge in [-0.25, -0.2) is 9.59 Å². The van der Waals surface area contributed by atoms with Crippen molar-refractivity contribution in [3.63, 3.8) is 0 Å². The average molecular weight is 444 g/mol. The van der Waals surface area contributed by atoms with Crippen LogP contribution in [0.5, 0.6) is 0 Å². The SMILES string of the molecule is CC(C)(C)OC(=O)NC(Cc1nnc(-c2ccc(NC(=O)C(C)(C)C)cc2)nn1)C(=O)O. The van der Waals surface area contributed by atoms with E-state index in [-0.39, 0.29) is 24.0 Å². The third-order valence-corrected chi connectivity index (χ3v) is 3.98. The van der Waals surface area contributed by atoms with Gasteiger partial charge in [0.1, 0.15) is 11.6 Å². The van der Waals surface area contributed by atoms with Gasteiger partial charge in [0.2, 0.25) is 11.7 Å². The lowest BCUT2D eigenvalue weighted by Crippen LogP contribution is -2.45. The molecule has 2 amide bonds. The lowest BCUT2D eigenvalue weighted by Gasteiger charge is -2.21. The summed E-state index contributed by atoms with van der Waals surface area (Å²) in [5.41, 5.74) is -0.0346. The minimum atomic E-state index is -1.30. The number of carboxylic acid groups (broad SMARTS) is 1. The van der Waals surface area contributed by atoms with E-state index in [1.54, 1.807) is 45.0 Å². The van der Waals surface area contributed by atoms with E-state index < -0.39 is 29.1 Å². The number of hydrogen-bond acceptors (Lipinski definition) is 8. The number of anilines is 1. The Morgan fingerprint density at radius 3 is 2.00 bits per heavy atom. The molecule has 11 heteroatoms. The van der Waals surface area contributed by atoms with Gasteiger partial charge in [-0.2, -0.15) is 0 Å². The Balaban J connectivity index is 2.04. The van der Waals surface area contributed by atoms with Gasteiger partial charge in [-0.15, -0.1) is 20.4 Å². The quantitative estimate of drug-likeness (QED) is 0.609. The zero-order valence-electron chi connectivity index (χ0n) is 19.0. The van der Waals surface area contributed by atoms with Gasteiger partial charge >= 0.3 is 12.1 Å². The number of alkyl carbamates (subject to hydrolysis) is 1. The molecule has 0 radical (unpaired) electrons. The summed E-state index contributed by atoms with van der Waals surface area (Å²) >= 11 is 0. The molecule has 1 unspecified atom stereocenters. The highest BCUT2D eigenvalue weighted by Gasteiger charge is 2.25. The first-order valence-electron chi connectivity index (χ1n) is 9.95. The molecule has 0 fully saturated rings. The fourth-order valence-electron chi connectivity index (χ4n) is 2.30. The topological polar surface area (TPSA) is 156 Å². The largest absolute Gasteiger partial charge is 0.480 e. The first-order valence-corrected chi connectivity index (χ1v) is 9.95. The van der Waals surface area contributed by atoms with E-state index in [0.717, 1.165) is 0 Å². The van der Waals surface area contributed by atoms with Crippen molar-refractivity contribution in [2.75, 3.05) is 5.32 Å². The smallest absolute Gasteiger partial charge is 0.408 e. The third-order valence-electron chi connectivity index (χ3n) is 3.98. The molecule has 0 saturated heterocycles. The summed E-state index contributed by atoms with van der Waals surface area (Å²) in [6.45, 7) is 10.5. The Labute approximate surface area is 186 Å². The van der Waals surface area contributed by atoms with E-state index in [1.165, 1.54) is 0 Å². The molecule has 1 atom stereocenters. The van der Waals surface area contributed by atoms with Crippen LogP contribution in [0.1, 0.15) is 47.4 Å². The van der Waals surface area contributed by atoms with Crippen LogP contribution in [-0.2, 0) is 20.7 Å². The zero-order chi connectivity index (χ0) is 24.1. The number of ether oxygens (including phenoxy) is 1. The highest BCUT2D eigenvalue weighted by atomic mass is 16.6. The standard InChI is InChI=1S/C21H28N6O5/c1-20(2,3)18(30)22-13-9-7-12(8-10-13)16-26-24-15(25-27-16)11-14(17(28)29)23-19(31)32-21(4,5)6/h7-10,14H,11H2,1-6H3,(H,22,30)(H,23,31)(H,28,29). The molecule has 0 saturated carbocycles. The van der Waals surface area contributed by atoms with Crippen LogP contribution in [0.4, 0.5) is 10.5 Å². The first-order chi connectivity index (χ1) is 14.7. The second-order valence-corrected chi connectivity index (χ2v) is 9.16. The van der Waals surface area contributed by atoms with Gasteiger partial charge in [0.05, 0.1) is 0 Å². The molecule has 11 nitrogen and oxygen atoms in total. The Kier molecular flexibility index (Phi) is 7.44. The summed E-state index contributed by atoms with van der Waals surface area (Å²) < 4.78 is 5.07. The fraction of sp³-hybridized carbons (Fsp3) is 0.476. The van der Waals surface area contributed by atoms with E-state index >= 15 is 0 Å². The molecule has 0 aliphatic rings. The number of rotatable bonds is 6. The number of carbonyl (C=O) groups excluding carboxylic acids is 2. The van der Waals surface area contributed by atoms with Crippen molar-refractivity contribution in [2.45, 2.75) is 59.6 Å². The molecule has 172 valence electrons. The normalized spacial score (nSPS) is 12.6. The van der Waals surface area contributed by atoms with E-state index in [4.69, 9.17) is 4.74 Å². The Bertz CT molecular complexity index is 962. The van der Waals surface area contributed by atoms with E-state index in [2.05, 4.69) is 31.0 Å². The summed E-state index contributed by atoms with van der Waals surface area (Å²) in [5.74, 6) is -1.10. The molecule has 0 bridgehead atoms. The molecule has 1 heterocycles. The monoisotopic (exact) mass is 444 g/mol. The van der Waals surface area contributed by atoms with Crippen molar-refractivity contribution in [3.8, 4) is 11.4 Å². The minimum absolute atomic E-state index is 0.0475. The molecule has 2 rings (SSSR count). The summed E-state index contributed by atoms with van der Waals surface area (Å²) in [7, 11) is 0. The molecular formula is C21H28N6O5. The molecule has 32 heavy (non-hydrogen) atoms. The Morgan fingerprint density at radius 1 is 0.969 bits per heavy atom. The van der Waals surface area contributed by atoms with Gasteiger partial charge in [-0.05, 0) is 45.0 Å². The number of aliphatic carboxylic acids is 1. The molecule has 1 aromatic carbocycles. The van der Waals surface area contributed by atoms with Crippen LogP contribution in [0, 0.1) is 5.41 Å². The van der Waals surface area contributed by atoms with Crippen LogP contribution in [0.2, 0.25) is 0 Å². The van der Waals surface area contributed by atoms with Crippen molar-refractivity contribution in [1.29, 1.82) is 0 Å². The maximum Gasteiger partial charge on any atom is 0.408 e. The number of nitrogens with zero attached hydrogens (tertiary/aromatic N) is 4. The molecule has 0 aliphatic carbocycles. The first kappa shape index (κ1) is 24.6. The van der Waals surface area contributed by atoms with Crippen LogP contribution in [0.25, 0.3) is 11.4 Å². The predicted molar refractivity (Wildman–Crippen MR) is 116 cm³/mol. The number of nitrogens with one attached hydrogen (secondary N) is 2. The van der Waals surface area contributed by atoms with Crippen LogP contribution < -0.4 is 10.6 Å². The van der Waals surface area contributed by atoms with Gasteiger partial charge in [0, 0.05) is 23.1 Å². The van der Waals surface area contributed by atoms with E-state index in [9.17, 15) is 19.5 Å². The molecule has 0 aliphatic heterocycles. The van der Waals surface area contributed by atoms with Crippen LogP contribution in [0.3, 0.4) is 0 Å². The molecule has 1 aromatic heterocycles. The van der Waals surface area contributed by atoms with Crippen molar-refractivity contribution in [1.82, 2.24) is 25.7 Å². The Hall–Kier alpha value is -3.63. The summed E-state index contributed by atoms with van der Waals surface area (Å²) in [6.07, 6.45) is -1.08. The van der Waals surface area contributed by atoms with Gasteiger partial charge in [0.15, 0.2) is 5.82 Å². The molecule has 0 spiro atoms. The number of aromatic nitrogens is 4. The number of benzene rings is 1. The summed E-state index contributed by atoms with van der Waals surface area (Å²) in [5, 5.41) is 30.2. The minimum Gasteiger partial charge on any atom is -0.480 e. The van der Waals surface area contributed by atoms with Gasteiger partial charge in [-0.3, -0.25) is 4.79 Å². The zero-order valence-corrected chi connectivity index (χ0v) is 19.0. The third kappa shape index (κ3) is 7.56. The lowest BCUT2D eigenvalue weighted by molar-refractivity contribution is -0.139. The number of hydrogen-bond donors (Lipinski definition) is 3. The molecule has 3 N–H and O–H groups in total. The second-order valence-electron chi connectivity index (χ2n) is 9.16. The van der Waals surface area contributed by atoms with Crippen LogP contribution in [-0.4, -0.2) is 55.1 Å². The van der Waals surface area contributed by atoms with Gasteiger partial charge in [-0.1, -0.05) is 20.8 Å². The predicted octanol–water partition coefficient (Wildman–Crippen LogP) is 2.44. The number of amides is 2. The molecule has 2 aromatic rings. The number of carbonyl (C=O) groups is 3. The van der Waals surface area contributed by atoms with Crippen molar-refractivity contribution in [2.24, 2.45) is 5.41 Å². The molecular weight excluding hydrogens is 416 g/mol. The Morgan fingerprint density at radius 2 is 1.53 bits per heavy atom. The summed E-state index contributed by atoms with van der Waals surface area (Å²) in [6, 6.07) is 5.54. The van der Waals surface area contributed by atoms with Crippen molar-refractivity contribution in [3.05, 3.63) is 30.1 Å². The second kappa shape index (κ2) is 9.67. The van der Waals surface area contributed by atoms with Crippen LogP contribution >= 0.6 is 0 Å². The van der Waals surface area contributed by atoms with Crippen molar-refractivity contribution < 1.29 is 24.2 Å². The van der Waals surface area contributed by atoms with E-state index in [1.807, 2.05) is 20.8 Å². The van der Waals surface area contributed by atoms with E-state index in [0.29, 0.717) is 11.3 Å². The maximum absolute atomic E-state index is 12.1. The average Bonchev–Trinajstić information content (AvgIpc) is 2.66. The number of carboxylic acids is 1. The lowest BCUT2D eigenvalue weighted by atomic mass is 9.95. The van der Waals surface area contributed by atoms with Gasteiger partial charge < -0.3 is 20.5 Å². The highest BCUT2D eigenvalue weighted by molar-refractivity contribution is 5.94. The fourth-order valence-corrected chi connectivity index (χ4v) is 2.30.